The predicted molar refractivity (Wildman–Crippen MR) is 90.4 cm³/mol. The van der Waals surface area contributed by atoms with Crippen molar-refractivity contribution < 1.29 is 4.79 Å². The summed E-state index contributed by atoms with van der Waals surface area (Å²) >= 11 is 0. The van der Waals surface area contributed by atoms with Crippen LogP contribution in [0.25, 0.3) is 0 Å². The van der Waals surface area contributed by atoms with Crippen LogP contribution in [0.15, 0.2) is 11.6 Å². The first kappa shape index (κ1) is 15.4. The van der Waals surface area contributed by atoms with Gasteiger partial charge in [0.1, 0.15) is 0 Å². The molecule has 0 amide bonds. The minimum Gasteiger partial charge on any atom is -0.295 e. The summed E-state index contributed by atoms with van der Waals surface area (Å²) in [6.07, 6.45) is 11.3. The molecule has 0 saturated heterocycles. The molecule has 3 saturated carbocycles. The Labute approximate surface area is 140 Å². The third-order valence-corrected chi connectivity index (χ3v) is 8.04. The maximum absolute atomic E-state index is 11.7. The van der Waals surface area contributed by atoms with E-state index in [-0.39, 0.29) is 11.3 Å². The number of nitrogens with zero attached hydrogens (tertiary/aromatic N) is 1. The van der Waals surface area contributed by atoms with E-state index < -0.39 is 0 Å². The standard InChI is InChI=1S/C21H29NO/c1-13-18-11-19(18)20(12-22)21(13,2)9-8-14-4-3-5-15-10-16(23)6-7-17(14)15/h10,13-14,17-20H,3-9,11H2,1-2H3/t13-,14-,17-,18-,19?,20+,21+/m1/s1. The minimum atomic E-state index is 0.230. The van der Waals surface area contributed by atoms with Crippen molar-refractivity contribution in [3.05, 3.63) is 11.6 Å². The molecule has 23 heavy (non-hydrogen) atoms. The Hall–Kier alpha value is -1.10. The molecule has 0 heterocycles. The highest BCUT2D eigenvalue weighted by atomic mass is 16.1. The van der Waals surface area contributed by atoms with Gasteiger partial charge in [-0.1, -0.05) is 19.4 Å². The van der Waals surface area contributed by atoms with Gasteiger partial charge in [0.25, 0.3) is 0 Å². The van der Waals surface area contributed by atoms with Crippen LogP contribution in [-0.4, -0.2) is 5.78 Å². The summed E-state index contributed by atoms with van der Waals surface area (Å²) in [7, 11) is 0. The number of carbonyl (C=O) groups is 1. The van der Waals surface area contributed by atoms with Crippen LogP contribution >= 0.6 is 0 Å². The topological polar surface area (TPSA) is 40.9 Å². The summed E-state index contributed by atoms with van der Waals surface area (Å²) < 4.78 is 0. The number of carbonyl (C=O) groups excluding carboxylic acids is 1. The zero-order chi connectivity index (χ0) is 16.2. The van der Waals surface area contributed by atoms with Crippen molar-refractivity contribution in [3.63, 3.8) is 0 Å². The molecule has 2 nitrogen and oxygen atoms in total. The highest BCUT2D eigenvalue weighted by Crippen LogP contribution is 2.68. The molecule has 2 heteroatoms. The summed E-state index contributed by atoms with van der Waals surface area (Å²) in [6.45, 7) is 4.79. The maximum atomic E-state index is 11.7. The Bertz CT molecular complexity index is 585. The Morgan fingerprint density at radius 1 is 1.30 bits per heavy atom. The fourth-order valence-corrected chi connectivity index (χ4v) is 6.36. The number of hydrogen-bond acceptors (Lipinski definition) is 2. The van der Waals surface area contributed by atoms with Crippen molar-refractivity contribution in [2.75, 3.05) is 0 Å². The molecule has 0 aromatic heterocycles. The van der Waals surface area contributed by atoms with E-state index in [0.29, 0.717) is 23.5 Å². The van der Waals surface area contributed by atoms with Crippen molar-refractivity contribution in [1.29, 1.82) is 5.26 Å². The van der Waals surface area contributed by atoms with Crippen LogP contribution in [0.1, 0.15) is 65.2 Å². The second-order valence-corrected chi connectivity index (χ2v) is 8.99. The molecule has 0 spiro atoms. The molecule has 0 radical (unpaired) electrons. The van der Waals surface area contributed by atoms with E-state index in [0.717, 1.165) is 31.1 Å². The van der Waals surface area contributed by atoms with Gasteiger partial charge >= 0.3 is 0 Å². The van der Waals surface area contributed by atoms with Crippen LogP contribution in [0, 0.1) is 52.3 Å². The molecule has 3 fully saturated rings. The van der Waals surface area contributed by atoms with E-state index in [2.05, 4.69) is 19.9 Å². The van der Waals surface area contributed by atoms with Crippen LogP contribution in [0.4, 0.5) is 0 Å². The van der Waals surface area contributed by atoms with Crippen molar-refractivity contribution >= 4 is 5.78 Å². The number of rotatable bonds is 3. The van der Waals surface area contributed by atoms with E-state index in [1.807, 2.05) is 6.08 Å². The van der Waals surface area contributed by atoms with Gasteiger partial charge in [-0.2, -0.15) is 5.26 Å². The molecule has 0 bridgehead atoms. The van der Waals surface area contributed by atoms with E-state index in [1.54, 1.807) is 0 Å². The average Bonchev–Trinajstić information content (AvgIpc) is 3.28. The monoisotopic (exact) mass is 311 g/mol. The van der Waals surface area contributed by atoms with Gasteiger partial charge in [0.15, 0.2) is 5.78 Å². The first-order chi connectivity index (χ1) is 11.0. The van der Waals surface area contributed by atoms with Gasteiger partial charge in [-0.25, -0.2) is 0 Å². The zero-order valence-corrected chi connectivity index (χ0v) is 14.6. The Morgan fingerprint density at radius 2 is 2.13 bits per heavy atom. The Kier molecular flexibility index (Phi) is 3.67. The fraction of sp³-hybridized carbons (Fsp3) is 0.810. The highest BCUT2D eigenvalue weighted by molar-refractivity contribution is 5.91. The summed E-state index contributed by atoms with van der Waals surface area (Å²) in [5.41, 5.74) is 1.68. The third kappa shape index (κ3) is 2.39. The molecule has 4 rings (SSSR count). The Morgan fingerprint density at radius 3 is 2.91 bits per heavy atom. The molecule has 1 unspecified atom stereocenters. The number of hydrogen-bond donors (Lipinski definition) is 0. The fourth-order valence-electron chi connectivity index (χ4n) is 6.36. The number of allylic oxidation sites excluding steroid dienone is 2. The minimum absolute atomic E-state index is 0.230. The summed E-state index contributed by atoms with van der Waals surface area (Å²) in [4.78, 5) is 11.7. The van der Waals surface area contributed by atoms with Gasteiger partial charge in [-0.3, -0.25) is 4.79 Å². The molecule has 0 aliphatic heterocycles. The maximum Gasteiger partial charge on any atom is 0.155 e. The van der Waals surface area contributed by atoms with Gasteiger partial charge < -0.3 is 0 Å². The Balaban J connectivity index is 1.45. The van der Waals surface area contributed by atoms with Crippen LogP contribution in [-0.2, 0) is 4.79 Å². The first-order valence-electron chi connectivity index (χ1n) is 9.67. The average molecular weight is 311 g/mol. The smallest absolute Gasteiger partial charge is 0.155 e. The lowest BCUT2D eigenvalue weighted by Crippen LogP contribution is -2.33. The van der Waals surface area contributed by atoms with Gasteiger partial charge in [0.2, 0.25) is 0 Å². The molecule has 0 N–H and O–H groups in total. The van der Waals surface area contributed by atoms with Crippen molar-refractivity contribution in [1.82, 2.24) is 0 Å². The van der Waals surface area contributed by atoms with E-state index in [9.17, 15) is 10.1 Å². The zero-order valence-electron chi connectivity index (χ0n) is 14.6. The SMILES string of the molecule is C[C@@H]1[C@H]2CC2[C@H](C#N)[C@@]1(C)CC[C@H]1CCCC2=CC(=O)CC[C@@H]21. The van der Waals surface area contributed by atoms with Crippen molar-refractivity contribution in [2.45, 2.75) is 65.2 Å². The van der Waals surface area contributed by atoms with Gasteiger partial charge in [-0.05, 0) is 86.0 Å². The number of ketones is 1. The van der Waals surface area contributed by atoms with Crippen molar-refractivity contribution in [2.24, 2.45) is 40.9 Å². The van der Waals surface area contributed by atoms with Gasteiger partial charge in [0, 0.05) is 6.42 Å². The lowest BCUT2D eigenvalue weighted by atomic mass is 9.64. The second-order valence-electron chi connectivity index (χ2n) is 8.99. The predicted octanol–water partition coefficient (Wildman–Crippen LogP) is 4.90. The van der Waals surface area contributed by atoms with Gasteiger partial charge in [-0.15, -0.1) is 0 Å². The molecule has 4 aliphatic rings. The van der Waals surface area contributed by atoms with E-state index in [4.69, 9.17) is 0 Å². The molecular weight excluding hydrogens is 282 g/mol. The summed E-state index contributed by atoms with van der Waals surface area (Å²) in [6, 6.07) is 2.67. The van der Waals surface area contributed by atoms with E-state index >= 15 is 0 Å². The summed E-state index contributed by atoms with van der Waals surface area (Å²) in [5, 5.41) is 9.67. The quantitative estimate of drug-likeness (QED) is 0.743. The molecule has 0 aromatic rings. The molecular formula is C21H29NO. The normalized spacial score (nSPS) is 48.2. The van der Waals surface area contributed by atoms with E-state index in [1.165, 1.54) is 37.7 Å². The second kappa shape index (κ2) is 5.47. The molecule has 4 aliphatic carbocycles. The van der Waals surface area contributed by atoms with Crippen LogP contribution in [0.3, 0.4) is 0 Å². The van der Waals surface area contributed by atoms with Crippen LogP contribution in [0.5, 0.6) is 0 Å². The van der Waals surface area contributed by atoms with Gasteiger partial charge in [0.05, 0.1) is 12.0 Å². The largest absolute Gasteiger partial charge is 0.295 e. The molecule has 124 valence electrons. The number of nitriles is 1. The lowest BCUT2D eigenvalue weighted by Gasteiger charge is -2.40. The first-order valence-corrected chi connectivity index (χ1v) is 9.67. The number of fused-ring (bicyclic) bond motifs is 2. The van der Waals surface area contributed by atoms with Crippen LogP contribution < -0.4 is 0 Å². The lowest BCUT2D eigenvalue weighted by molar-refractivity contribution is -0.115. The third-order valence-electron chi connectivity index (χ3n) is 8.04. The van der Waals surface area contributed by atoms with Crippen LogP contribution in [0.2, 0.25) is 0 Å². The molecule has 7 atom stereocenters. The highest BCUT2D eigenvalue weighted by Gasteiger charge is 2.63. The van der Waals surface area contributed by atoms with Crippen molar-refractivity contribution in [3.8, 4) is 6.07 Å². The summed E-state index contributed by atoms with van der Waals surface area (Å²) in [5.74, 6) is 4.30. The molecule has 0 aromatic carbocycles.